The third-order valence-corrected chi connectivity index (χ3v) is 4.57. The highest BCUT2D eigenvalue weighted by Crippen LogP contribution is 2.32. The normalized spacial score (nSPS) is 20.1. The predicted octanol–water partition coefficient (Wildman–Crippen LogP) is 1.14. The molecule has 3 N–H and O–H groups in total. The van der Waals surface area contributed by atoms with E-state index in [1.54, 1.807) is 17.9 Å². The quantitative estimate of drug-likeness (QED) is 0.457. The highest BCUT2D eigenvalue weighted by atomic mass is 35.5. The first-order chi connectivity index (χ1) is 12.8. The standard InChI is InChI=1S/C15H18ClN5O6/c1-15(12(22)23,13(24)25)26-5-7-3-4-8(27-7)21-6-18-9-10(17-2)19-14(16)20-11(9)21/h6-8H,3-5H2,1-2H3,(H,22,23)(H,24,25)(H,17,19,20)/t7-,8+/m0/s1. The minimum Gasteiger partial charge on any atom is -0.479 e. The number of rotatable bonds is 7. The number of fused-ring (bicyclic) bond motifs is 1. The van der Waals surface area contributed by atoms with E-state index in [0.717, 1.165) is 6.92 Å². The van der Waals surface area contributed by atoms with Crippen LogP contribution in [0, 0.1) is 0 Å². The molecule has 3 rings (SSSR count). The number of imidazole rings is 1. The summed E-state index contributed by atoms with van der Waals surface area (Å²) < 4.78 is 12.7. The smallest absolute Gasteiger partial charge is 0.347 e. The van der Waals surface area contributed by atoms with Crippen LogP contribution in [0.4, 0.5) is 5.82 Å². The molecule has 1 aliphatic rings. The second-order valence-electron chi connectivity index (χ2n) is 6.16. The number of anilines is 1. The van der Waals surface area contributed by atoms with Crippen LogP contribution < -0.4 is 5.32 Å². The maximum absolute atomic E-state index is 11.2. The molecule has 0 aromatic carbocycles. The van der Waals surface area contributed by atoms with Crippen LogP contribution in [0.25, 0.3) is 11.2 Å². The van der Waals surface area contributed by atoms with Crippen molar-refractivity contribution in [2.45, 2.75) is 37.7 Å². The van der Waals surface area contributed by atoms with E-state index in [0.29, 0.717) is 29.8 Å². The van der Waals surface area contributed by atoms with E-state index < -0.39 is 29.9 Å². The monoisotopic (exact) mass is 399 g/mol. The molecule has 1 fully saturated rings. The molecular weight excluding hydrogens is 382 g/mol. The third kappa shape index (κ3) is 3.53. The Morgan fingerprint density at radius 3 is 2.74 bits per heavy atom. The molecule has 0 bridgehead atoms. The number of ether oxygens (including phenoxy) is 2. The molecule has 1 saturated heterocycles. The van der Waals surface area contributed by atoms with Gasteiger partial charge in [0.1, 0.15) is 6.23 Å². The Morgan fingerprint density at radius 1 is 1.41 bits per heavy atom. The van der Waals surface area contributed by atoms with E-state index in [1.165, 1.54) is 0 Å². The lowest BCUT2D eigenvalue weighted by molar-refractivity contribution is -0.185. The highest BCUT2D eigenvalue weighted by Gasteiger charge is 2.44. The van der Waals surface area contributed by atoms with Crippen molar-refractivity contribution in [3.63, 3.8) is 0 Å². The van der Waals surface area contributed by atoms with Gasteiger partial charge in [-0.05, 0) is 31.4 Å². The maximum Gasteiger partial charge on any atom is 0.347 e. The number of nitrogens with one attached hydrogen (secondary N) is 1. The number of nitrogens with zero attached hydrogens (tertiary/aromatic N) is 4. The van der Waals surface area contributed by atoms with Crippen molar-refractivity contribution in [2.75, 3.05) is 19.0 Å². The molecule has 27 heavy (non-hydrogen) atoms. The van der Waals surface area contributed by atoms with Crippen molar-refractivity contribution < 1.29 is 29.3 Å². The first-order valence-electron chi connectivity index (χ1n) is 8.10. The summed E-state index contributed by atoms with van der Waals surface area (Å²) in [4.78, 5) is 34.9. The highest BCUT2D eigenvalue weighted by molar-refractivity contribution is 6.28. The molecular formula is C15H18ClN5O6. The van der Waals surface area contributed by atoms with Gasteiger partial charge in [-0.15, -0.1) is 0 Å². The number of aliphatic carboxylic acids is 2. The average molecular weight is 400 g/mol. The fourth-order valence-corrected chi connectivity index (χ4v) is 2.93. The van der Waals surface area contributed by atoms with Crippen LogP contribution in [-0.2, 0) is 19.1 Å². The van der Waals surface area contributed by atoms with Gasteiger partial charge >= 0.3 is 11.9 Å². The van der Waals surface area contributed by atoms with Crippen LogP contribution in [0.3, 0.4) is 0 Å². The number of hydrogen-bond donors (Lipinski definition) is 3. The average Bonchev–Trinajstić information content (AvgIpc) is 3.24. The van der Waals surface area contributed by atoms with Crippen molar-refractivity contribution in [1.29, 1.82) is 0 Å². The summed E-state index contributed by atoms with van der Waals surface area (Å²) in [5.41, 5.74) is -1.30. The van der Waals surface area contributed by atoms with Gasteiger partial charge in [0.25, 0.3) is 5.60 Å². The minimum absolute atomic E-state index is 0.0603. The first-order valence-corrected chi connectivity index (χ1v) is 8.48. The summed E-state index contributed by atoms with van der Waals surface area (Å²) in [5, 5.41) is 21.1. The topological polar surface area (TPSA) is 149 Å². The lowest BCUT2D eigenvalue weighted by Crippen LogP contribution is -2.47. The van der Waals surface area contributed by atoms with Crippen LogP contribution in [0.1, 0.15) is 26.0 Å². The van der Waals surface area contributed by atoms with Crippen molar-refractivity contribution >= 4 is 40.5 Å². The lowest BCUT2D eigenvalue weighted by atomic mass is 10.1. The zero-order valence-corrected chi connectivity index (χ0v) is 15.3. The molecule has 0 amide bonds. The molecule has 2 aromatic rings. The fourth-order valence-electron chi connectivity index (χ4n) is 2.76. The van der Waals surface area contributed by atoms with E-state index in [1.807, 2.05) is 0 Å². The molecule has 0 saturated carbocycles. The molecule has 0 unspecified atom stereocenters. The molecule has 2 atom stereocenters. The molecule has 0 radical (unpaired) electrons. The van der Waals surface area contributed by atoms with Gasteiger partial charge in [-0.1, -0.05) is 0 Å². The van der Waals surface area contributed by atoms with E-state index in [2.05, 4.69) is 20.3 Å². The number of hydrogen-bond acceptors (Lipinski definition) is 8. The Hall–Kier alpha value is -2.50. The number of carboxylic acid groups (broad SMARTS) is 2. The molecule has 2 aromatic heterocycles. The third-order valence-electron chi connectivity index (χ3n) is 4.40. The van der Waals surface area contributed by atoms with Gasteiger partial charge in [0.2, 0.25) is 5.28 Å². The fraction of sp³-hybridized carbons (Fsp3) is 0.533. The van der Waals surface area contributed by atoms with Crippen molar-refractivity contribution in [1.82, 2.24) is 19.5 Å². The molecule has 1 aliphatic heterocycles. The molecule has 0 spiro atoms. The van der Waals surface area contributed by atoms with Crippen molar-refractivity contribution in [3.05, 3.63) is 11.6 Å². The molecule has 0 aliphatic carbocycles. The number of carboxylic acids is 2. The van der Waals surface area contributed by atoms with Gasteiger partial charge in [0, 0.05) is 7.05 Å². The van der Waals surface area contributed by atoms with Gasteiger partial charge in [-0.3, -0.25) is 4.57 Å². The van der Waals surface area contributed by atoms with Crippen LogP contribution in [0.15, 0.2) is 6.33 Å². The Morgan fingerprint density at radius 2 is 2.11 bits per heavy atom. The summed E-state index contributed by atoms with van der Waals surface area (Å²) >= 11 is 5.95. The van der Waals surface area contributed by atoms with Gasteiger partial charge < -0.3 is 25.0 Å². The Balaban J connectivity index is 1.73. The second-order valence-corrected chi connectivity index (χ2v) is 6.50. The van der Waals surface area contributed by atoms with E-state index in [9.17, 15) is 9.59 Å². The van der Waals surface area contributed by atoms with Crippen LogP contribution >= 0.6 is 11.6 Å². The molecule has 146 valence electrons. The minimum atomic E-state index is -2.33. The Labute approximate surface area is 158 Å². The number of halogens is 1. The van der Waals surface area contributed by atoms with Crippen LogP contribution in [0.2, 0.25) is 5.28 Å². The summed E-state index contributed by atoms with van der Waals surface area (Å²) in [5.74, 6) is -2.66. The SMILES string of the molecule is CNc1nc(Cl)nc2c1ncn2[C@H]1CC[C@@H](COC(C)(C(=O)O)C(=O)O)O1. The van der Waals surface area contributed by atoms with Crippen LogP contribution in [-0.4, -0.2) is 67.0 Å². The zero-order valence-electron chi connectivity index (χ0n) is 14.5. The summed E-state index contributed by atoms with van der Waals surface area (Å²) in [6, 6.07) is 0. The van der Waals surface area contributed by atoms with Gasteiger partial charge in [-0.25, -0.2) is 14.6 Å². The molecule has 3 heterocycles. The lowest BCUT2D eigenvalue weighted by Gasteiger charge is -2.22. The van der Waals surface area contributed by atoms with E-state index in [-0.39, 0.29) is 11.9 Å². The zero-order chi connectivity index (χ0) is 19.8. The second kappa shape index (κ2) is 7.25. The van der Waals surface area contributed by atoms with Gasteiger partial charge in [0.05, 0.1) is 19.0 Å². The largest absolute Gasteiger partial charge is 0.479 e. The van der Waals surface area contributed by atoms with Crippen molar-refractivity contribution in [2.24, 2.45) is 0 Å². The Bertz CT molecular complexity index is 873. The number of aromatic nitrogens is 4. The van der Waals surface area contributed by atoms with Gasteiger partial charge in [0.15, 0.2) is 17.0 Å². The summed E-state index contributed by atoms with van der Waals surface area (Å²) in [6.45, 7) is 0.821. The first kappa shape index (κ1) is 19.3. The van der Waals surface area contributed by atoms with Crippen molar-refractivity contribution in [3.8, 4) is 0 Å². The molecule has 11 nitrogen and oxygen atoms in total. The van der Waals surface area contributed by atoms with E-state index in [4.69, 9.17) is 31.3 Å². The Kier molecular flexibility index (Phi) is 5.18. The summed E-state index contributed by atoms with van der Waals surface area (Å²) in [6.07, 6.45) is 1.82. The number of carbonyl (C=O) groups is 2. The maximum atomic E-state index is 11.2. The van der Waals surface area contributed by atoms with Gasteiger partial charge in [-0.2, -0.15) is 9.97 Å². The van der Waals surface area contributed by atoms with E-state index >= 15 is 0 Å². The van der Waals surface area contributed by atoms with Crippen LogP contribution in [0.5, 0.6) is 0 Å². The summed E-state index contributed by atoms with van der Waals surface area (Å²) in [7, 11) is 1.69. The predicted molar refractivity (Wildman–Crippen MR) is 92.7 cm³/mol. The molecule has 12 heteroatoms.